The van der Waals surface area contributed by atoms with Gasteiger partial charge >= 0.3 is 0 Å². The highest BCUT2D eigenvalue weighted by Gasteiger charge is 2.28. The first kappa shape index (κ1) is 16.9. The van der Waals surface area contributed by atoms with E-state index in [4.69, 9.17) is 0 Å². The molecule has 1 N–H and O–H groups in total. The molecule has 0 saturated carbocycles. The van der Waals surface area contributed by atoms with Gasteiger partial charge in [-0.2, -0.15) is 0 Å². The molecular weight excluding hydrogens is 234 g/mol. The fourth-order valence-electron chi connectivity index (χ4n) is 3.29. The molecule has 2 aliphatic heterocycles. The number of nitrogens with one attached hydrogen (secondary N) is 1. The monoisotopic (exact) mass is 269 g/mol. The number of hydrogen-bond donors (Lipinski definition) is 1. The van der Waals surface area contributed by atoms with E-state index in [0.29, 0.717) is 6.04 Å². The molecule has 1 unspecified atom stereocenters. The van der Waals surface area contributed by atoms with Gasteiger partial charge in [0.15, 0.2) is 0 Å². The van der Waals surface area contributed by atoms with Gasteiger partial charge < -0.3 is 5.32 Å². The van der Waals surface area contributed by atoms with Gasteiger partial charge in [-0.25, -0.2) is 0 Å². The highest BCUT2D eigenvalue weighted by atomic mass is 15.3. The van der Waals surface area contributed by atoms with Crippen LogP contribution in [-0.2, 0) is 0 Å². The molecule has 2 rings (SSSR count). The van der Waals surface area contributed by atoms with Crippen molar-refractivity contribution in [2.24, 2.45) is 5.92 Å². The Morgan fingerprint density at radius 2 is 1.32 bits per heavy atom. The van der Waals surface area contributed by atoms with Crippen molar-refractivity contribution >= 4 is 0 Å². The number of piperazine rings is 1. The highest BCUT2D eigenvalue weighted by Crippen LogP contribution is 2.22. The number of nitrogens with zero attached hydrogens (tertiary/aromatic N) is 2. The van der Waals surface area contributed by atoms with Gasteiger partial charge in [-0.3, -0.25) is 9.80 Å². The molecule has 1 atom stereocenters. The van der Waals surface area contributed by atoms with Crippen molar-refractivity contribution in [3.63, 3.8) is 0 Å². The predicted octanol–water partition coefficient (Wildman–Crippen LogP) is 2.43. The molecule has 0 bridgehead atoms. The SMILES string of the molecule is CC.CC(C)N1CCN(C(C)C2CCNCC2)CC1. The van der Waals surface area contributed by atoms with Crippen molar-refractivity contribution in [3.8, 4) is 0 Å². The maximum absolute atomic E-state index is 3.47. The lowest BCUT2D eigenvalue weighted by molar-refractivity contribution is 0.0559. The van der Waals surface area contributed by atoms with E-state index >= 15 is 0 Å². The normalized spacial score (nSPS) is 24.9. The van der Waals surface area contributed by atoms with Gasteiger partial charge in [0.05, 0.1) is 0 Å². The van der Waals surface area contributed by atoms with Crippen LogP contribution in [0.3, 0.4) is 0 Å². The molecule has 0 aromatic rings. The van der Waals surface area contributed by atoms with Crippen LogP contribution >= 0.6 is 0 Å². The van der Waals surface area contributed by atoms with Gasteiger partial charge in [0.1, 0.15) is 0 Å². The van der Waals surface area contributed by atoms with Gasteiger partial charge in [0.2, 0.25) is 0 Å². The molecular formula is C16H35N3. The zero-order chi connectivity index (χ0) is 14.3. The van der Waals surface area contributed by atoms with E-state index in [9.17, 15) is 0 Å². The maximum atomic E-state index is 3.47. The molecule has 0 aliphatic carbocycles. The van der Waals surface area contributed by atoms with Crippen LogP contribution in [-0.4, -0.2) is 61.2 Å². The Balaban J connectivity index is 0.000000861. The largest absolute Gasteiger partial charge is 0.317 e. The molecule has 0 radical (unpaired) electrons. The summed E-state index contributed by atoms with van der Waals surface area (Å²) in [5, 5.41) is 3.47. The van der Waals surface area contributed by atoms with Gasteiger partial charge in [-0.05, 0) is 52.6 Å². The van der Waals surface area contributed by atoms with Crippen LogP contribution < -0.4 is 5.32 Å². The quantitative estimate of drug-likeness (QED) is 0.849. The Labute approximate surface area is 120 Å². The van der Waals surface area contributed by atoms with Crippen LogP contribution in [0.4, 0.5) is 0 Å². The molecule has 0 spiro atoms. The van der Waals surface area contributed by atoms with E-state index in [2.05, 4.69) is 35.9 Å². The molecule has 2 saturated heterocycles. The van der Waals surface area contributed by atoms with Crippen molar-refractivity contribution < 1.29 is 0 Å². The van der Waals surface area contributed by atoms with Crippen molar-refractivity contribution in [2.75, 3.05) is 39.3 Å². The lowest BCUT2D eigenvalue weighted by Gasteiger charge is -2.43. The zero-order valence-electron chi connectivity index (χ0n) is 13.8. The summed E-state index contributed by atoms with van der Waals surface area (Å²) in [7, 11) is 0. The van der Waals surface area contributed by atoms with Crippen LogP contribution in [0.1, 0.15) is 47.5 Å². The smallest absolute Gasteiger partial charge is 0.0113 e. The molecule has 2 fully saturated rings. The number of hydrogen-bond acceptors (Lipinski definition) is 3. The number of rotatable bonds is 3. The second-order valence-corrected chi connectivity index (χ2v) is 5.99. The van der Waals surface area contributed by atoms with Crippen molar-refractivity contribution in [3.05, 3.63) is 0 Å². The molecule has 0 amide bonds. The van der Waals surface area contributed by atoms with Crippen LogP contribution in [0.2, 0.25) is 0 Å². The molecule has 114 valence electrons. The van der Waals surface area contributed by atoms with E-state index in [1.54, 1.807) is 0 Å². The summed E-state index contributed by atoms with van der Waals surface area (Å²) in [6, 6.07) is 1.50. The molecule has 3 nitrogen and oxygen atoms in total. The van der Waals surface area contributed by atoms with Gasteiger partial charge in [-0.1, -0.05) is 13.8 Å². The second kappa shape index (κ2) is 8.93. The third-order valence-corrected chi connectivity index (χ3v) is 4.72. The van der Waals surface area contributed by atoms with Gasteiger partial charge in [0, 0.05) is 38.3 Å². The Morgan fingerprint density at radius 3 is 1.79 bits per heavy atom. The molecule has 2 aliphatic rings. The summed E-state index contributed by atoms with van der Waals surface area (Å²) in [4.78, 5) is 5.32. The Kier molecular flexibility index (Phi) is 7.96. The van der Waals surface area contributed by atoms with E-state index in [1.165, 1.54) is 52.1 Å². The lowest BCUT2D eigenvalue weighted by Crippen LogP contribution is -2.53. The standard InChI is InChI=1S/C14H29N3.C2H6/c1-12(2)16-8-10-17(11-9-16)13(3)14-4-6-15-7-5-14;1-2/h12-15H,4-11H2,1-3H3;1-2H3. The minimum Gasteiger partial charge on any atom is -0.317 e. The topological polar surface area (TPSA) is 18.5 Å². The molecule has 2 heterocycles. The second-order valence-electron chi connectivity index (χ2n) is 5.99. The first-order valence-electron chi connectivity index (χ1n) is 8.37. The summed E-state index contributed by atoms with van der Waals surface area (Å²) >= 11 is 0. The average molecular weight is 269 g/mol. The van der Waals surface area contributed by atoms with Crippen LogP contribution in [0.5, 0.6) is 0 Å². The Hall–Kier alpha value is -0.120. The van der Waals surface area contributed by atoms with Gasteiger partial charge in [0.25, 0.3) is 0 Å². The summed E-state index contributed by atoms with van der Waals surface area (Å²) in [5.74, 6) is 0.918. The summed E-state index contributed by atoms with van der Waals surface area (Å²) in [5.41, 5.74) is 0. The molecule has 3 heteroatoms. The molecule has 19 heavy (non-hydrogen) atoms. The fourth-order valence-corrected chi connectivity index (χ4v) is 3.29. The van der Waals surface area contributed by atoms with Crippen molar-refractivity contribution in [1.29, 1.82) is 0 Å². The molecule has 0 aromatic carbocycles. The summed E-state index contributed by atoms with van der Waals surface area (Å²) < 4.78 is 0. The third-order valence-electron chi connectivity index (χ3n) is 4.72. The summed E-state index contributed by atoms with van der Waals surface area (Å²) in [6.45, 7) is 18.6. The zero-order valence-corrected chi connectivity index (χ0v) is 13.8. The number of piperidine rings is 1. The van der Waals surface area contributed by atoms with E-state index in [-0.39, 0.29) is 0 Å². The summed E-state index contributed by atoms with van der Waals surface area (Å²) in [6.07, 6.45) is 2.73. The maximum Gasteiger partial charge on any atom is 0.0113 e. The van der Waals surface area contributed by atoms with Crippen molar-refractivity contribution in [1.82, 2.24) is 15.1 Å². The minimum atomic E-state index is 0.714. The average Bonchev–Trinajstić information content (AvgIpc) is 2.49. The Morgan fingerprint density at radius 1 is 0.842 bits per heavy atom. The first-order chi connectivity index (χ1) is 9.18. The van der Waals surface area contributed by atoms with E-state index < -0.39 is 0 Å². The highest BCUT2D eigenvalue weighted by molar-refractivity contribution is 4.83. The van der Waals surface area contributed by atoms with Crippen LogP contribution in [0.15, 0.2) is 0 Å². The van der Waals surface area contributed by atoms with Gasteiger partial charge in [-0.15, -0.1) is 0 Å². The molecule has 0 aromatic heterocycles. The van der Waals surface area contributed by atoms with E-state index in [0.717, 1.165) is 12.0 Å². The predicted molar refractivity (Wildman–Crippen MR) is 84.7 cm³/mol. The third kappa shape index (κ3) is 5.05. The van der Waals surface area contributed by atoms with E-state index in [1.807, 2.05) is 13.8 Å². The Bertz CT molecular complexity index is 216. The van der Waals surface area contributed by atoms with Crippen LogP contribution in [0, 0.1) is 5.92 Å². The van der Waals surface area contributed by atoms with Crippen LogP contribution in [0.25, 0.3) is 0 Å². The van der Waals surface area contributed by atoms with Crippen molar-refractivity contribution in [2.45, 2.75) is 59.5 Å². The minimum absolute atomic E-state index is 0.714. The lowest BCUT2D eigenvalue weighted by atomic mass is 9.90. The first-order valence-corrected chi connectivity index (χ1v) is 8.37. The fraction of sp³-hybridized carbons (Fsp3) is 1.00.